The Morgan fingerprint density at radius 2 is 1.02 bits per heavy atom. The Morgan fingerprint density at radius 1 is 0.383 bits per heavy atom. The Morgan fingerprint density at radius 3 is 1.88 bits per heavy atom. The molecule has 0 N–H and O–H groups in total. The first-order chi connectivity index (χ1) is 31.8. The molecule has 280 valence electrons. The second kappa shape index (κ2) is 13.8. The predicted octanol–water partition coefficient (Wildman–Crippen LogP) is 14.2. The summed E-state index contributed by atoms with van der Waals surface area (Å²) in [5, 5.41) is 4.44. The summed E-state index contributed by atoms with van der Waals surface area (Å²) in [5.74, 6) is 1.30. The van der Waals surface area contributed by atoms with Crippen molar-refractivity contribution >= 4 is 49.6 Å². The van der Waals surface area contributed by atoms with Crippen LogP contribution in [0.2, 0.25) is 0 Å². The minimum Gasteiger partial charge on any atom is -0.309 e. The van der Waals surface area contributed by atoms with E-state index in [1.165, 1.54) is 21.9 Å². The number of fused-ring (bicyclic) bond motifs is 5. The fraction of sp³-hybridized carbons (Fsp3) is 0. The second-order valence-corrected chi connectivity index (χ2v) is 14.9. The van der Waals surface area contributed by atoms with Gasteiger partial charge in [-0.25, -0.2) is 15.0 Å². The zero-order valence-corrected chi connectivity index (χ0v) is 32.1. The molecule has 5 heteroatoms. The van der Waals surface area contributed by atoms with Gasteiger partial charge in [0.15, 0.2) is 17.5 Å². The van der Waals surface area contributed by atoms with E-state index in [0.717, 1.165) is 55.7 Å². The summed E-state index contributed by atoms with van der Waals surface area (Å²) in [6.07, 6.45) is 0. The normalized spacial score (nSPS) is 13.1. The van der Waals surface area contributed by atoms with Gasteiger partial charge in [-0.05, 0) is 88.8 Å². The summed E-state index contributed by atoms with van der Waals surface area (Å²) in [5.41, 5.74) is 11.4. The van der Waals surface area contributed by atoms with Gasteiger partial charge in [-0.3, -0.25) is 0 Å². The Balaban J connectivity index is 1.05. The van der Waals surface area contributed by atoms with Crippen LogP contribution in [0, 0.1) is 0 Å². The van der Waals surface area contributed by atoms with Crippen LogP contribution in [0.15, 0.2) is 212 Å². The highest BCUT2D eigenvalue weighted by Gasteiger charge is 2.26. The minimum absolute atomic E-state index is 0.110. The quantitative estimate of drug-likeness (QED) is 0.169. The fourth-order valence-electron chi connectivity index (χ4n) is 8.82. The van der Waals surface area contributed by atoms with E-state index in [0.29, 0.717) is 28.6 Å². The standard InChI is InChI=1S/C55H35N5/c1-3-15-36(16-4-1)39-19-11-20-40(35-39)54-56-53(57-55(58-54)46-26-14-30-50-52(46)45-24-8-10-28-48(45)59(50)41-21-5-2-6-22-41)38-31-33-42(34-32-38)60-47-27-9-7-23-43(47)44-25-12-17-37-18-13-29-49(60)51(37)44/h1-35H/i1D,3D,4D,15D,16D. The van der Waals surface area contributed by atoms with Crippen molar-refractivity contribution in [3.8, 4) is 62.1 Å². The van der Waals surface area contributed by atoms with Gasteiger partial charge >= 0.3 is 0 Å². The van der Waals surface area contributed by atoms with Crippen molar-refractivity contribution in [3.05, 3.63) is 212 Å². The molecule has 12 rings (SSSR count). The molecule has 2 aromatic heterocycles. The lowest BCUT2D eigenvalue weighted by molar-refractivity contribution is 1.08. The number of aromatic nitrogens is 4. The van der Waals surface area contributed by atoms with Crippen molar-refractivity contribution < 1.29 is 6.85 Å². The average molecular weight is 771 g/mol. The zero-order valence-electron chi connectivity index (χ0n) is 37.1. The van der Waals surface area contributed by atoms with E-state index in [4.69, 9.17) is 21.8 Å². The van der Waals surface area contributed by atoms with Crippen LogP contribution in [0.4, 0.5) is 17.1 Å². The van der Waals surface area contributed by atoms with Crippen LogP contribution in [0.1, 0.15) is 6.85 Å². The predicted molar refractivity (Wildman–Crippen MR) is 247 cm³/mol. The molecule has 3 heterocycles. The largest absolute Gasteiger partial charge is 0.309 e. The van der Waals surface area contributed by atoms with Crippen molar-refractivity contribution in [2.24, 2.45) is 0 Å². The topological polar surface area (TPSA) is 46.8 Å². The van der Waals surface area contributed by atoms with Crippen LogP contribution >= 0.6 is 0 Å². The molecule has 0 fully saturated rings. The van der Waals surface area contributed by atoms with E-state index in [1.54, 1.807) is 18.2 Å². The molecule has 0 spiro atoms. The molecule has 9 aromatic carbocycles. The summed E-state index contributed by atoms with van der Waals surface area (Å²) in [6.45, 7) is 0. The number of benzene rings is 9. The molecule has 0 bridgehead atoms. The monoisotopic (exact) mass is 770 g/mol. The van der Waals surface area contributed by atoms with Crippen LogP contribution in [-0.2, 0) is 0 Å². The SMILES string of the molecule is [2H]c1c([2H])c([2H])c(-c2cccc(-c3nc(-c4ccc(N5c6ccccc6-c6cccc7cccc5c67)cc4)nc(-c4cccc5c4c4ccccc4n5-c4ccccc4)n3)c2)c([2H])c1[2H]. The van der Waals surface area contributed by atoms with E-state index in [-0.39, 0.29) is 17.6 Å². The number of anilines is 3. The van der Waals surface area contributed by atoms with Gasteiger partial charge in [-0.2, -0.15) is 0 Å². The molecule has 5 nitrogen and oxygen atoms in total. The Bertz CT molecular complexity index is 3700. The van der Waals surface area contributed by atoms with Gasteiger partial charge < -0.3 is 9.47 Å². The molecular weight excluding hydrogens is 731 g/mol. The van der Waals surface area contributed by atoms with E-state index < -0.39 is 18.1 Å². The number of hydrogen-bond donors (Lipinski definition) is 0. The van der Waals surface area contributed by atoms with Gasteiger partial charge in [-0.1, -0.05) is 145 Å². The third kappa shape index (κ3) is 5.44. The summed E-state index contributed by atoms with van der Waals surface area (Å²) in [7, 11) is 0. The van der Waals surface area contributed by atoms with Gasteiger partial charge in [0.1, 0.15) is 0 Å². The Hall–Kier alpha value is -8.15. The lowest BCUT2D eigenvalue weighted by Crippen LogP contribution is -2.14. The summed E-state index contributed by atoms with van der Waals surface area (Å²) in [4.78, 5) is 17.9. The molecule has 0 atom stereocenters. The van der Waals surface area contributed by atoms with Gasteiger partial charge in [0.05, 0.1) is 29.3 Å². The van der Waals surface area contributed by atoms with Crippen LogP contribution in [0.5, 0.6) is 0 Å². The summed E-state index contributed by atoms with van der Waals surface area (Å²) in [6, 6.07) is 60.0. The molecule has 0 saturated carbocycles. The smallest absolute Gasteiger partial charge is 0.164 e. The van der Waals surface area contributed by atoms with E-state index in [1.807, 2.05) is 60.7 Å². The number of nitrogens with zero attached hydrogens (tertiary/aromatic N) is 5. The maximum Gasteiger partial charge on any atom is 0.164 e. The molecule has 11 aromatic rings. The molecule has 0 unspecified atom stereocenters. The Labute approximate surface area is 354 Å². The molecule has 0 aliphatic carbocycles. The van der Waals surface area contributed by atoms with Gasteiger partial charge in [0, 0.05) is 49.8 Å². The molecule has 0 amide bonds. The highest BCUT2D eigenvalue weighted by atomic mass is 15.2. The van der Waals surface area contributed by atoms with Crippen molar-refractivity contribution in [1.82, 2.24) is 19.5 Å². The van der Waals surface area contributed by atoms with E-state index in [2.05, 4.69) is 113 Å². The molecule has 1 aliphatic heterocycles. The van der Waals surface area contributed by atoms with Crippen LogP contribution in [-0.4, -0.2) is 19.5 Å². The molecule has 60 heavy (non-hydrogen) atoms. The molecule has 0 saturated heterocycles. The average Bonchev–Trinajstić information content (AvgIpc) is 3.70. The third-order valence-electron chi connectivity index (χ3n) is 11.4. The fourth-order valence-corrected chi connectivity index (χ4v) is 8.82. The first-order valence-corrected chi connectivity index (χ1v) is 19.9. The van der Waals surface area contributed by atoms with Gasteiger partial charge in [0.2, 0.25) is 0 Å². The van der Waals surface area contributed by atoms with Crippen molar-refractivity contribution in [2.45, 2.75) is 0 Å². The molecular formula is C55H35N5. The first-order valence-electron chi connectivity index (χ1n) is 22.4. The number of para-hydroxylation sites is 3. The van der Waals surface area contributed by atoms with Crippen molar-refractivity contribution in [2.75, 3.05) is 4.90 Å². The number of rotatable bonds is 6. The third-order valence-corrected chi connectivity index (χ3v) is 11.4. The minimum atomic E-state index is -0.438. The highest BCUT2D eigenvalue weighted by molar-refractivity contribution is 6.16. The summed E-state index contributed by atoms with van der Waals surface area (Å²) < 4.78 is 44.6. The summed E-state index contributed by atoms with van der Waals surface area (Å²) >= 11 is 0. The molecule has 0 radical (unpaired) electrons. The maximum atomic E-state index is 8.73. The second-order valence-electron chi connectivity index (χ2n) is 14.9. The van der Waals surface area contributed by atoms with Crippen LogP contribution in [0.3, 0.4) is 0 Å². The van der Waals surface area contributed by atoms with Crippen molar-refractivity contribution in [1.29, 1.82) is 0 Å². The van der Waals surface area contributed by atoms with E-state index >= 15 is 0 Å². The van der Waals surface area contributed by atoms with Crippen LogP contribution < -0.4 is 4.90 Å². The van der Waals surface area contributed by atoms with Crippen molar-refractivity contribution in [3.63, 3.8) is 0 Å². The lowest BCUT2D eigenvalue weighted by Gasteiger charge is -2.33. The Kier molecular flexibility index (Phi) is 6.68. The lowest BCUT2D eigenvalue weighted by atomic mass is 9.91. The highest BCUT2D eigenvalue weighted by Crippen LogP contribution is 2.51. The van der Waals surface area contributed by atoms with Gasteiger partial charge in [0.25, 0.3) is 0 Å². The maximum absolute atomic E-state index is 8.73. The number of hydrogen-bond acceptors (Lipinski definition) is 4. The van der Waals surface area contributed by atoms with E-state index in [9.17, 15) is 0 Å². The molecule has 1 aliphatic rings. The first kappa shape index (κ1) is 29.1. The zero-order chi connectivity index (χ0) is 43.9. The van der Waals surface area contributed by atoms with Gasteiger partial charge in [-0.15, -0.1) is 0 Å². The van der Waals surface area contributed by atoms with Crippen LogP contribution in [0.25, 0.3) is 94.7 Å².